The van der Waals surface area contributed by atoms with Gasteiger partial charge in [0.15, 0.2) is 19.1 Å². The van der Waals surface area contributed by atoms with Crippen LogP contribution in [-0.4, -0.2) is 74.3 Å². The maximum absolute atomic E-state index is 12.8. The summed E-state index contributed by atoms with van der Waals surface area (Å²) < 4.78 is 12.2. The normalized spacial score (nSPS) is 13.8. The lowest BCUT2D eigenvalue weighted by atomic mass is 10.2. The van der Waals surface area contributed by atoms with Crippen LogP contribution in [0.2, 0.25) is 18.1 Å². The van der Waals surface area contributed by atoms with Crippen LogP contribution < -0.4 is 4.90 Å². The maximum Gasteiger partial charge on any atom is 0.416 e. The fourth-order valence-electron chi connectivity index (χ4n) is 2.73. The number of amides is 1. The molecule has 0 fully saturated rings. The molecule has 0 radical (unpaired) electrons. The average Bonchev–Trinajstić information content (AvgIpc) is 3.04. The minimum atomic E-state index is -1.95. The molecule has 0 saturated heterocycles. The number of hydrogen-bond acceptors (Lipinski definition) is 7. The first-order valence-corrected chi connectivity index (χ1v) is 14.7. The van der Waals surface area contributed by atoms with Crippen LogP contribution >= 0.6 is 11.3 Å². The summed E-state index contributed by atoms with van der Waals surface area (Å²) >= 11 is 1.12. The molecule has 0 aliphatic rings. The second kappa shape index (κ2) is 11.1. The molecule has 8 nitrogen and oxygen atoms in total. The summed E-state index contributed by atoms with van der Waals surface area (Å²) in [6, 6.07) is 0. The van der Waals surface area contributed by atoms with Gasteiger partial charge in [-0.25, -0.2) is 14.6 Å². The molecule has 184 valence electrons. The number of anilines is 1. The molecule has 32 heavy (non-hydrogen) atoms. The number of rotatable bonds is 10. The molecule has 1 N–H and O–H groups in total. The van der Waals surface area contributed by atoms with Gasteiger partial charge in [-0.3, -0.25) is 4.90 Å². The van der Waals surface area contributed by atoms with Crippen LogP contribution in [0.1, 0.15) is 64.9 Å². The van der Waals surface area contributed by atoms with E-state index < -0.39 is 26.0 Å². The van der Waals surface area contributed by atoms with Crippen LogP contribution in [0.3, 0.4) is 0 Å². The van der Waals surface area contributed by atoms with Gasteiger partial charge in [-0.2, -0.15) is 0 Å². The first kappa shape index (κ1) is 28.5. The van der Waals surface area contributed by atoms with Crippen LogP contribution in [0.25, 0.3) is 0 Å². The van der Waals surface area contributed by atoms with Gasteiger partial charge in [-0.1, -0.05) is 20.8 Å². The molecule has 0 spiro atoms. The van der Waals surface area contributed by atoms with Crippen molar-refractivity contribution in [1.29, 1.82) is 0 Å². The fourth-order valence-corrected chi connectivity index (χ4v) is 4.93. The molecule has 1 amide bonds. The zero-order chi connectivity index (χ0) is 24.9. The molecule has 1 rings (SSSR count). The van der Waals surface area contributed by atoms with Crippen LogP contribution in [0, 0.1) is 0 Å². The predicted octanol–water partition coefficient (Wildman–Crippen LogP) is 5.32. The van der Waals surface area contributed by atoms with Gasteiger partial charge in [0.1, 0.15) is 5.60 Å². The number of nitrogens with zero attached hydrogens (tertiary/aromatic N) is 3. The Hall–Kier alpha value is -1.49. The highest BCUT2D eigenvalue weighted by atomic mass is 32.1. The number of hydrogen-bond donors (Lipinski definition) is 1. The highest BCUT2D eigenvalue weighted by Crippen LogP contribution is 2.38. The zero-order valence-electron chi connectivity index (χ0n) is 21.3. The summed E-state index contributed by atoms with van der Waals surface area (Å²) in [5.74, 6) is -1.12. The molecule has 1 aromatic rings. The van der Waals surface area contributed by atoms with Gasteiger partial charge in [0, 0.05) is 18.5 Å². The van der Waals surface area contributed by atoms with Crippen molar-refractivity contribution in [2.45, 2.75) is 84.2 Å². The van der Waals surface area contributed by atoms with Crippen molar-refractivity contribution in [2.75, 3.05) is 32.1 Å². The third-order valence-corrected chi connectivity index (χ3v) is 10.7. The van der Waals surface area contributed by atoms with Crippen LogP contribution in [0.15, 0.2) is 5.38 Å². The van der Waals surface area contributed by atoms with E-state index in [1.54, 1.807) is 20.8 Å². The third kappa shape index (κ3) is 9.17. The van der Waals surface area contributed by atoms with E-state index in [0.29, 0.717) is 18.1 Å². The van der Waals surface area contributed by atoms with Gasteiger partial charge in [0.05, 0.1) is 6.10 Å². The van der Waals surface area contributed by atoms with Gasteiger partial charge in [-0.15, -0.1) is 11.3 Å². The lowest BCUT2D eigenvalue weighted by molar-refractivity contribution is 0.0574. The second-order valence-electron chi connectivity index (χ2n) is 10.9. The van der Waals surface area contributed by atoms with E-state index in [2.05, 4.69) is 43.7 Å². The number of carboxylic acids is 1. The number of carbonyl (C=O) groups is 2. The van der Waals surface area contributed by atoms with Crippen LogP contribution in [0.5, 0.6) is 0 Å². The Kier molecular flexibility index (Phi) is 9.89. The molecule has 1 unspecified atom stereocenters. The van der Waals surface area contributed by atoms with Crippen molar-refractivity contribution in [3.63, 3.8) is 0 Å². The first-order valence-electron chi connectivity index (χ1n) is 10.9. The summed E-state index contributed by atoms with van der Waals surface area (Å²) in [4.78, 5) is 31.7. The van der Waals surface area contributed by atoms with E-state index in [9.17, 15) is 14.7 Å². The number of likely N-dealkylation sites (N-methyl/N-ethyl adjacent to an activating group) is 1. The van der Waals surface area contributed by atoms with E-state index in [1.165, 1.54) is 10.3 Å². The number of ether oxygens (including phenoxy) is 1. The monoisotopic (exact) mass is 487 g/mol. The van der Waals surface area contributed by atoms with Gasteiger partial charge in [0.2, 0.25) is 0 Å². The van der Waals surface area contributed by atoms with E-state index in [-0.39, 0.29) is 16.8 Å². The molecular weight excluding hydrogens is 446 g/mol. The molecule has 0 aliphatic heterocycles. The zero-order valence-corrected chi connectivity index (χ0v) is 23.1. The maximum atomic E-state index is 12.8. The molecule has 0 bridgehead atoms. The van der Waals surface area contributed by atoms with Crippen molar-refractivity contribution >= 4 is 36.8 Å². The van der Waals surface area contributed by atoms with Crippen molar-refractivity contribution in [1.82, 2.24) is 9.88 Å². The van der Waals surface area contributed by atoms with Crippen molar-refractivity contribution < 1.29 is 23.9 Å². The second-order valence-corrected chi connectivity index (χ2v) is 16.4. The Morgan fingerprint density at radius 2 is 1.78 bits per heavy atom. The Morgan fingerprint density at radius 3 is 2.22 bits per heavy atom. The van der Waals surface area contributed by atoms with E-state index in [1.807, 2.05) is 14.1 Å². The SMILES string of the molecule is CN(C)CC(CCCN(C(=O)OC(C)(C)C)c1nc(C(=O)O)cs1)O[Si](C)(C)C(C)(C)C. The number of carboxylic acid groups (broad SMARTS) is 1. The van der Waals surface area contributed by atoms with Crippen molar-refractivity contribution in [3.8, 4) is 0 Å². The number of carbonyl (C=O) groups excluding carboxylic acids is 1. The highest BCUT2D eigenvalue weighted by Gasteiger charge is 2.39. The summed E-state index contributed by atoms with van der Waals surface area (Å²) in [6.45, 7) is 17.7. The van der Waals surface area contributed by atoms with Gasteiger partial charge in [-0.05, 0) is 65.8 Å². The average molecular weight is 488 g/mol. The van der Waals surface area contributed by atoms with E-state index >= 15 is 0 Å². The fraction of sp³-hybridized carbons (Fsp3) is 0.773. The molecule has 1 aromatic heterocycles. The minimum absolute atomic E-state index is 0.0391. The summed E-state index contributed by atoms with van der Waals surface area (Å²) in [5, 5.41) is 11.1. The molecule has 1 atom stereocenters. The lowest BCUT2D eigenvalue weighted by Gasteiger charge is -2.40. The minimum Gasteiger partial charge on any atom is -0.476 e. The van der Waals surface area contributed by atoms with E-state index in [0.717, 1.165) is 24.3 Å². The molecule has 10 heteroatoms. The van der Waals surface area contributed by atoms with Crippen LogP contribution in [0.4, 0.5) is 9.93 Å². The standard InChI is InChI=1S/C22H41N3O5SSi/c1-21(2,3)29-20(28)25(19-23-17(15-31-19)18(26)27)13-11-12-16(14-24(7)8)30-32(9,10)22(4,5)6/h15-16H,11-14H2,1-10H3,(H,26,27). The summed E-state index contributed by atoms with van der Waals surface area (Å²) in [6.07, 6.45) is 0.950. The van der Waals surface area contributed by atoms with Gasteiger partial charge < -0.3 is 19.2 Å². The van der Waals surface area contributed by atoms with Crippen molar-refractivity contribution in [2.24, 2.45) is 0 Å². The van der Waals surface area contributed by atoms with Crippen molar-refractivity contribution in [3.05, 3.63) is 11.1 Å². The number of aromatic carboxylic acids is 1. The Morgan fingerprint density at radius 1 is 1.19 bits per heavy atom. The molecule has 0 aromatic carbocycles. The Balaban J connectivity index is 2.97. The Bertz CT molecular complexity index is 768. The molecule has 0 aliphatic carbocycles. The third-order valence-electron chi connectivity index (χ3n) is 5.30. The summed E-state index contributed by atoms with van der Waals surface area (Å²) in [5.41, 5.74) is -0.744. The topological polar surface area (TPSA) is 92.2 Å². The van der Waals surface area contributed by atoms with Gasteiger partial charge >= 0.3 is 12.1 Å². The molecular formula is C22H41N3O5SSi. The highest BCUT2D eigenvalue weighted by molar-refractivity contribution is 7.14. The number of thiazole rings is 1. The molecule has 0 saturated carbocycles. The summed E-state index contributed by atoms with van der Waals surface area (Å²) in [7, 11) is 2.11. The Labute approximate surface area is 198 Å². The first-order chi connectivity index (χ1) is 14.4. The van der Waals surface area contributed by atoms with Gasteiger partial charge in [0.25, 0.3) is 0 Å². The smallest absolute Gasteiger partial charge is 0.416 e. The number of aromatic nitrogens is 1. The van der Waals surface area contributed by atoms with Crippen LogP contribution in [-0.2, 0) is 9.16 Å². The quantitative estimate of drug-likeness (QED) is 0.447. The molecule has 1 heterocycles. The van der Waals surface area contributed by atoms with E-state index in [4.69, 9.17) is 9.16 Å². The lowest BCUT2D eigenvalue weighted by Crippen LogP contribution is -2.46. The largest absolute Gasteiger partial charge is 0.476 e. The predicted molar refractivity (Wildman–Crippen MR) is 133 cm³/mol.